The van der Waals surface area contributed by atoms with Crippen LogP contribution >= 0.6 is 0 Å². The predicted molar refractivity (Wildman–Crippen MR) is 75.8 cm³/mol. The van der Waals surface area contributed by atoms with Crippen LogP contribution in [0.5, 0.6) is 5.75 Å². The van der Waals surface area contributed by atoms with Crippen LogP contribution in [0.1, 0.15) is 16.7 Å². The molecular weight excluding hydrogens is 222 g/mol. The monoisotopic (exact) mass is 241 g/mol. The molecule has 3 N–H and O–H groups in total. The molecule has 2 heteroatoms. The molecule has 2 aromatic rings. The molecule has 2 rings (SSSR count). The average molecular weight is 241 g/mol. The molecule has 0 heterocycles. The van der Waals surface area contributed by atoms with Gasteiger partial charge in [0.05, 0.1) is 0 Å². The van der Waals surface area contributed by atoms with Crippen molar-refractivity contribution in [1.29, 1.82) is 0 Å². The van der Waals surface area contributed by atoms with Crippen molar-refractivity contribution in [2.45, 2.75) is 20.3 Å². The van der Waals surface area contributed by atoms with E-state index in [4.69, 9.17) is 5.73 Å². The molecular formula is C16H19NO. The maximum absolute atomic E-state index is 10.0. The number of phenolic OH excluding ortho intramolecular Hbond substituents is 1. The van der Waals surface area contributed by atoms with Crippen LogP contribution in [0.3, 0.4) is 0 Å². The Morgan fingerprint density at radius 3 is 2.28 bits per heavy atom. The summed E-state index contributed by atoms with van der Waals surface area (Å²) in [6.07, 6.45) is 0.831. The van der Waals surface area contributed by atoms with E-state index in [1.165, 1.54) is 11.1 Å². The standard InChI is InChI=1S/C16H19NO/c1-11-7-12(2)9-14(8-11)15-10-13(5-6-17)3-4-16(15)18/h3-4,7-10,18H,5-6,17H2,1-2H3. The third-order valence-electron chi connectivity index (χ3n) is 3.03. The van der Waals surface area contributed by atoms with Crippen molar-refractivity contribution in [3.63, 3.8) is 0 Å². The van der Waals surface area contributed by atoms with Gasteiger partial charge in [-0.05, 0) is 50.1 Å². The van der Waals surface area contributed by atoms with E-state index in [9.17, 15) is 5.11 Å². The zero-order valence-electron chi connectivity index (χ0n) is 10.9. The van der Waals surface area contributed by atoms with E-state index in [0.717, 1.165) is 23.1 Å². The number of nitrogens with two attached hydrogens (primary N) is 1. The van der Waals surface area contributed by atoms with E-state index in [0.29, 0.717) is 12.3 Å². The van der Waals surface area contributed by atoms with Gasteiger partial charge in [-0.2, -0.15) is 0 Å². The minimum atomic E-state index is 0.320. The first-order valence-corrected chi connectivity index (χ1v) is 6.21. The second-order valence-electron chi connectivity index (χ2n) is 4.77. The second-order valence-corrected chi connectivity index (χ2v) is 4.77. The van der Waals surface area contributed by atoms with E-state index in [2.05, 4.69) is 32.0 Å². The SMILES string of the molecule is Cc1cc(C)cc(-c2cc(CCN)ccc2O)c1. The molecule has 0 unspecified atom stereocenters. The summed E-state index contributed by atoms with van der Waals surface area (Å²) in [7, 11) is 0. The quantitative estimate of drug-likeness (QED) is 0.867. The second kappa shape index (κ2) is 5.23. The van der Waals surface area contributed by atoms with Gasteiger partial charge in [-0.1, -0.05) is 35.4 Å². The van der Waals surface area contributed by atoms with Crippen molar-refractivity contribution in [2.24, 2.45) is 5.73 Å². The summed E-state index contributed by atoms with van der Waals surface area (Å²) >= 11 is 0. The first-order chi connectivity index (χ1) is 8.60. The molecule has 0 atom stereocenters. The highest BCUT2D eigenvalue weighted by Gasteiger charge is 2.06. The van der Waals surface area contributed by atoms with Gasteiger partial charge in [-0.3, -0.25) is 0 Å². The smallest absolute Gasteiger partial charge is 0.123 e. The van der Waals surface area contributed by atoms with Crippen molar-refractivity contribution < 1.29 is 5.11 Å². The lowest BCUT2D eigenvalue weighted by molar-refractivity contribution is 0.477. The number of benzene rings is 2. The molecule has 0 saturated carbocycles. The molecule has 0 radical (unpaired) electrons. The van der Waals surface area contributed by atoms with Gasteiger partial charge in [0.15, 0.2) is 0 Å². The lowest BCUT2D eigenvalue weighted by Crippen LogP contribution is -2.02. The number of hydrogen-bond acceptors (Lipinski definition) is 2. The maximum atomic E-state index is 10.0. The summed E-state index contributed by atoms with van der Waals surface area (Å²) in [5.74, 6) is 0.320. The highest BCUT2D eigenvalue weighted by molar-refractivity contribution is 5.72. The summed E-state index contributed by atoms with van der Waals surface area (Å²) in [6, 6.07) is 12.0. The van der Waals surface area contributed by atoms with Gasteiger partial charge in [-0.25, -0.2) is 0 Å². The molecule has 18 heavy (non-hydrogen) atoms. The molecule has 0 saturated heterocycles. The Kier molecular flexibility index (Phi) is 3.68. The van der Waals surface area contributed by atoms with Crippen LogP contribution in [0.2, 0.25) is 0 Å². The number of hydrogen-bond donors (Lipinski definition) is 2. The summed E-state index contributed by atoms with van der Waals surface area (Å²) in [5, 5.41) is 10.0. The molecule has 2 aromatic carbocycles. The van der Waals surface area contributed by atoms with Crippen molar-refractivity contribution in [1.82, 2.24) is 0 Å². The van der Waals surface area contributed by atoms with Crippen molar-refractivity contribution >= 4 is 0 Å². The molecule has 0 aliphatic carbocycles. The third-order valence-corrected chi connectivity index (χ3v) is 3.03. The van der Waals surface area contributed by atoms with Crippen molar-refractivity contribution in [3.8, 4) is 16.9 Å². The van der Waals surface area contributed by atoms with Gasteiger partial charge >= 0.3 is 0 Å². The molecule has 94 valence electrons. The molecule has 0 aromatic heterocycles. The summed E-state index contributed by atoms with van der Waals surface area (Å²) < 4.78 is 0. The molecule has 0 fully saturated rings. The van der Waals surface area contributed by atoms with Gasteiger partial charge in [0.1, 0.15) is 5.75 Å². The molecule has 0 bridgehead atoms. The average Bonchev–Trinajstić information content (AvgIpc) is 2.30. The molecule has 0 amide bonds. The van der Waals surface area contributed by atoms with E-state index in [1.807, 2.05) is 12.1 Å². The predicted octanol–water partition coefficient (Wildman–Crippen LogP) is 3.18. The van der Waals surface area contributed by atoms with Crippen molar-refractivity contribution in [2.75, 3.05) is 6.54 Å². The van der Waals surface area contributed by atoms with Crippen LogP contribution in [0.4, 0.5) is 0 Å². The minimum absolute atomic E-state index is 0.320. The zero-order chi connectivity index (χ0) is 13.1. The fourth-order valence-corrected chi connectivity index (χ4v) is 2.27. The topological polar surface area (TPSA) is 46.2 Å². The first kappa shape index (κ1) is 12.7. The number of aryl methyl sites for hydroxylation is 2. The number of phenols is 1. The Balaban J connectivity index is 2.51. The molecule has 0 spiro atoms. The molecule has 0 aliphatic heterocycles. The van der Waals surface area contributed by atoms with Crippen LogP contribution in [-0.4, -0.2) is 11.7 Å². The minimum Gasteiger partial charge on any atom is -0.507 e. The Labute approximate surface area is 108 Å². The highest BCUT2D eigenvalue weighted by Crippen LogP contribution is 2.31. The highest BCUT2D eigenvalue weighted by atomic mass is 16.3. The summed E-state index contributed by atoms with van der Waals surface area (Å²) in [5.41, 5.74) is 11.1. The van der Waals surface area contributed by atoms with Gasteiger partial charge < -0.3 is 10.8 Å². The van der Waals surface area contributed by atoms with Crippen molar-refractivity contribution in [3.05, 3.63) is 53.1 Å². The van der Waals surface area contributed by atoms with Crippen LogP contribution in [0, 0.1) is 13.8 Å². The lowest BCUT2D eigenvalue weighted by Gasteiger charge is -2.09. The largest absolute Gasteiger partial charge is 0.507 e. The van der Waals surface area contributed by atoms with Crippen LogP contribution in [0.15, 0.2) is 36.4 Å². The van der Waals surface area contributed by atoms with Gasteiger partial charge in [0, 0.05) is 5.56 Å². The van der Waals surface area contributed by atoms with Crippen LogP contribution in [0.25, 0.3) is 11.1 Å². The third kappa shape index (κ3) is 2.71. The summed E-state index contributed by atoms with van der Waals surface area (Å²) in [4.78, 5) is 0. The maximum Gasteiger partial charge on any atom is 0.123 e. The fraction of sp³-hybridized carbons (Fsp3) is 0.250. The van der Waals surface area contributed by atoms with E-state index in [-0.39, 0.29) is 0 Å². The van der Waals surface area contributed by atoms with E-state index < -0.39 is 0 Å². The number of aromatic hydroxyl groups is 1. The molecule has 2 nitrogen and oxygen atoms in total. The van der Waals surface area contributed by atoms with Gasteiger partial charge in [0.2, 0.25) is 0 Å². The van der Waals surface area contributed by atoms with Gasteiger partial charge in [-0.15, -0.1) is 0 Å². The van der Waals surface area contributed by atoms with Crippen LogP contribution < -0.4 is 5.73 Å². The van der Waals surface area contributed by atoms with E-state index in [1.54, 1.807) is 6.07 Å². The van der Waals surface area contributed by atoms with E-state index >= 15 is 0 Å². The first-order valence-electron chi connectivity index (χ1n) is 6.21. The van der Waals surface area contributed by atoms with Crippen LogP contribution in [-0.2, 0) is 6.42 Å². The zero-order valence-corrected chi connectivity index (χ0v) is 10.9. The Morgan fingerprint density at radius 1 is 1.00 bits per heavy atom. The molecule has 0 aliphatic rings. The number of rotatable bonds is 3. The Morgan fingerprint density at radius 2 is 1.67 bits per heavy atom. The van der Waals surface area contributed by atoms with Gasteiger partial charge in [0.25, 0.3) is 0 Å². The lowest BCUT2D eigenvalue weighted by atomic mass is 9.97. The Hall–Kier alpha value is -1.80. The normalized spacial score (nSPS) is 10.6. The Bertz CT molecular complexity index is 541. The fourth-order valence-electron chi connectivity index (χ4n) is 2.27. The summed E-state index contributed by atoms with van der Waals surface area (Å²) in [6.45, 7) is 4.76.